The van der Waals surface area contributed by atoms with E-state index in [1.165, 1.54) is 16.7 Å². The van der Waals surface area contributed by atoms with Gasteiger partial charge in [-0.2, -0.15) is 17.5 Å². The van der Waals surface area contributed by atoms with Crippen LogP contribution in [-0.2, 0) is 16.2 Å². The Morgan fingerprint density at radius 2 is 1.56 bits per heavy atom. The van der Waals surface area contributed by atoms with Gasteiger partial charge in [-0.25, -0.2) is 18.4 Å². The SMILES string of the molecule is Cc1cccc(-n2cc(-c3ccccc3)c3c(N4CCN(S(=O)(=O)c5cccc(C(F)(F)F)c5)CC4)ncnc32)c1. The third-order valence-corrected chi connectivity index (χ3v) is 9.16. The minimum absolute atomic E-state index is 0.101. The van der Waals surface area contributed by atoms with Crippen molar-refractivity contribution in [2.45, 2.75) is 18.0 Å². The summed E-state index contributed by atoms with van der Waals surface area (Å²) in [7, 11) is -4.11. The summed E-state index contributed by atoms with van der Waals surface area (Å²) in [6.45, 7) is 2.86. The molecule has 3 aromatic carbocycles. The number of hydrogen-bond donors (Lipinski definition) is 0. The molecule has 0 radical (unpaired) electrons. The van der Waals surface area contributed by atoms with Crippen LogP contribution in [0, 0.1) is 6.92 Å². The Kier molecular flexibility index (Phi) is 6.79. The predicted molar refractivity (Wildman–Crippen MR) is 151 cm³/mol. The second-order valence-electron chi connectivity index (χ2n) is 9.93. The summed E-state index contributed by atoms with van der Waals surface area (Å²) >= 11 is 0. The van der Waals surface area contributed by atoms with Gasteiger partial charge in [0, 0.05) is 43.6 Å². The van der Waals surface area contributed by atoms with Crippen LogP contribution in [0.5, 0.6) is 0 Å². The van der Waals surface area contributed by atoms with Gasteiger partial charge in [-0.3, -0.25) is 0 Å². The third kappa shape index (κ3) is 5.07. The van der Waals surface area contributed by atoms with Crippen LogP contribution in [0.15, 0.2) is 96.3 Å². The van der Waals surface area contributed by atoms with E-state index in [4.69, 9.17) is 0 Å². The van der Waals surface area contributed by atoms with Gasteiger partial charge in [0.1, 0.15) is 12.1 Å². The second kappa shape index (κ2) is 10.3. The lowest BCUT2D eigenvalue weighted by Gasteiger charge is -2.35. The Balaban J connectivity index is 1.36. The Labute approximate surface area is 235 Å². The van der Waals surface area contributed by atoms with E-state index in [9.17, 15) is 21.6 Å². The molecule has 0 bridgehead atoms. The molecule has 0 unspecified atom stereocenters. The van der Waals surface area contributed by atoms with Gasteiger partial charge in [-0.1, -0.05) is 48.5 Å². The van der Waals surface area contributed by atoms with Gasteiger partial charge in [0.2, 0.25) is 10.0 Å². The molecule has 1 fully saturated rings. The van der Waals surface area contributed by atoms with E-state index in [-0.39, 0.29) is 18.0 Å². The summed E-state index contributed by atoms with van der Waals surface area (Å²) in [5.41, 5.74) is 3.73. The highest BCUT2D eigenvalue weighted by atomic mass is 32.2. The molecule has 0 amide bonds. The number of sulfonamides is 1. The van der Waals surface area contributed by atoms with Crippen molar-refractivity contribution in [3.8, 4) is 16.8 Å². The largest absolute Gasteiger partial charge is 0.416 e. The molecular formula is C30H26F3N5O2S. The fourth-order valence-electron chi connectivity index (χ4n) is 5.22. The molecule has 0 atom stereocenters. The number of nitrogens with zero attached hydrogens (tertiary/aromatic N) is 5. The van der Waals surface area contributed by atoms with E-state index in [0.717, 1.165) is 45.5 Å². The number of alkyl halides is 3. The van der Waals surface area contributed by atoms with Crippen molar-refractivity contribution >= 4 is 26.9 Å². The first kappa shape index (κ1) is 27.0. The third-order valence-electron chi connectivity index (χ3n) is 7.26. The second-order valence-corrected chi connectivity index (χ2v) is 11.9. The molecule has 2 aromatic heterocycles. The molecule has 41 heavy (non-hydrogen) atoms. The summed E-state index contributed by atoms with van der Waals surface area (Å²) in [5.74, 6) is 0.677. The van der Waals surface area contributed by atoms with Crippen molar-refractivity contribution in [3.63, 3.8) is 0 Å². The maximum atomic E-state index is 13.3. The number of benzene rings is 3. The zero-order valence-corrected chi connectivity index (χ0v) is 22.9. The van der Waals surface area contributed by atoms with Gasteiger partial charge in [0.25, 0.3) is 0 Å². The molecule has 0 N–H and O–H groups in total. The number of halogens is 3. The topological polar surface area (TPSA) is 71.3 Å². The van der Waals surface area contributed by atoms with Crippen molar-refractivity contribution in [1.29, 1.82) is 0 Å². The van der Waals surface area contributed by atoms with Crippen molar-refractivity contribution in [2.24, 2.45) is 0 Å². The lowest BCUT2D eigenvalue weighted by atomic mass is 10.1. The molecule has 0 saturated carbocycles. The summed E-state index contributed by atoms with van der Waals surface area (Å²) < 4.78 is 69.4. The minimum Gasteiger partial charge on any atom is -0.353 e. The van der Waals surface area contributed by atoms with E-state index < -0.39 is 21.8 Å². The number of hydrogen-bond acceptors (Lipinski definition) is 5. The van der Waals surface area contributed by atoms with E-state index in [1.807, 2.05) is 71.1 Å². The average molecular weight is 578 g/mol. The first-order valence-corrected chi connectivity index (χ1v) is 14.5. The average Bonchev–Trinajstić information content (AvgIpc) is 3.37. The van der Waals surface area contributed by atoms with Gasteiger partial charge in [-0.15, -0.1) is 0 Å². The minimum atomic E-state index is -4.63. The van der Waals surface area contributed by atoms with Crippen LogP contribution in [-0.4, -0.2) is 53.4 Å². The highest BCUT2D eigenvalue weighted by Gasteiger charge is 2.34. The highest BCUT2D eigenvalue weighted by molar-refractivity contribution is 7.89. The number of aryl methyl sites for hydroxylation is 1. The molecule has 1 aliphatic rings. The van der Waals surface area contributed by atoms with Crippen LogP contribution < -0.4 is 4.90 Å². The molecule has 3 heterocycles. The number of rotatable bonds is 5. The van der Waals surface area contributed by atoms with Crippen molar-refractivity contribution in [2.75, 3.05) is 31.1 Å². The lowest BCUT2D eigenvalue weighted by Crippen LogP contribution is -2.49. The van der Waals surface area contributed by atoms with Crippen molar-refractivity contribution in [3.05, 3.63) is 103 Å². The van der Waals surface area contributed by atoms with Crippen molar-refractivity contribution < 1.29 is 21.6 Å². The molecule has 210 valence electrons. The monoisotopic (exact) mass is 577 g/mol. The number of piperazine rings is 1. The fourth-order valence-corrected chi connectivity index (χ4v) is 6.69. The summed E-state index contributed by atoms with van der Waals surface area (Å²) in [4.78, 5) is 10.9. The molecular weight excluding hydrogens is 551 g/mol. The molecule has 0 aliphatic carbocycles. The van der Waals surface area contributed by atoms with Crippen LogP contribution in [0.2, 0.25) is 0 Å². The van der Waals surface area contributed by atoms with Crippen LogP contribution in [0.3, 0.4) is 0 Å². The first-order chi connectivity index (χ1) is 19.6. The highest BCUT2D eigenvalue weighted by Crippen LogP contribution is 2.37. The molecule has 0 spiro atoms. The van der Waals surface area contributed by atoms with E-state index in [1.54, 1.807) is 0 Å². The van der Waals surface area contributed by atoms with Crippen LogP contribution in [0.25, 0.3) is 27.8 Å². The zero-order valence-electron chi connectivity index (χ0n) is 22.1. The first-order valence-electron chi connectivity index (χ1n) is 13.0. The standard InChI is InChI=1S/C30H26F3N5O2S/c1-21-7-5-11-24(17-21)38-19-26(22-8-3-2-4-9-22)27-28(34-20-35-29(27)38)36-13-15-37(16-14-36)41(39,40)25-12-6-10-23(18-25)30(31,32)33/h2-12,17-20H,13-16H2,1H3. The van der Waals surface area contributed by atoms with E-state index >= 15 is 0 Å². The summed E-state index contributed by atoms with van der Waals surface area (Å²) in [6.07, 6.45) is -1.08. The molecule has 5 aromatic rings. The predicted octanol–water partition coefficient (Wildman–Crippen LogP) is 5.93. The van der Waals surface area contributed by atoms with Crippen LogP contribution in [0.1, 0.15) is 11.1 Å². The maximum absolute atomic E-state index is 13.3. The Hall–Kier alpha value is -4.22. The van der Waals surface area contributed by atoms with Gasteiger partial charge in [0.15, 0.2) is 5.65 Å². The van der Waals surface area contributed by atoms with Crippen molar-refractivity contribution in [1.82, 2.24) is 18.8 Å². The van der Waals surface area contributed by atoms with Gasteiger partial charge in [-0.05, 0) is 48.4 Å². The lowest BCUT2D eigenvalue weighted by molar-refractivity contribution is -0.137. The number of aromatic nitrogens is 3. The van der Waals surface area contributed by atoms with Crippen LogP contribution in [0.4, 0.5) is 19.0 Å². The van der Waals surface area contributed by atoms with E-state index in [0.29, 0.717) is 25.0 Å². The molecule has 1 aliphatic heterocycles. The summed E-state index contributed by atoms with van der Waals surface area (Å²) in [5, 5.41) is 0.842. The molecule has 11 heteroatoms. The van der Waals surface area contributed by atoms with Gasteiger partial charge in [0.05, 0.1) is 15.8 Å². The maximum Gasteiger partial charge on any atom is 0.416 e. The zero-order chi connectivity index (χ0) is 28.8. The fraction of sp³-hybridized carbons (Fsp3) is 0.200. The Morgan fingerprint density at radius 3 is 2.27 bits per heavy atom. The van der Waals surface area contributed by atoms with Gasteiger partial charge >= 0.3 is 6.18 Å². The molecule has 1 saturated heterocycles. The molecule has 6 rings (SSSR count). The number of fused-ring (bicyclic) bond motifs is 1. The van der Waals surface area contributed by atoms with Gasteiger partial charge < -0.3 is 9.47 Å². The smallest absolute Gasteiger partial charge is 0.353 e. The van der Waals surface area contributed by atoms with E-state index in [2.05, 4.69) is 16.0 Å². The quantitative estimate of drug-likeness (QED) is 0.259. The van der Waals surface area contributed by atoms with Crippen LogP contribution >= 0.6 is 0 Å². The normalized spacial score (nSPS) is 15.0. The number of anilines is 1. The Bertz CT molecular complexity index is 1830. The molecule has 7 nitrogen and oxygen atoms in total. The summed E-state index contributed by atoms with van der Waals surface area (Å²) in [6, 6.07) is 21.9. The Morgan fingerprint density at radius 1 is 0.829 bits per heavy atom.